The zero-order valence-corrected chi connectivity index (χ0v) is 16.6. The number of nitrogens with zero attached hydrogens (tertiary/aromatic N) is 2. The van der Waals surface area contributed by atoms with Crippen LogP contribution in [0.3, 0.4) is 0 Å². The summed E-state index contributed by atoms with van der Waals surface area (Å²) in [4.78, 5) is 26.2. The van der Waals surface area contributed by atoms with Gasteiger partial charge in [0.1, 0.15) is 11.6 Å². The van der Waals surface area contributed by atoms with Gasteiger partial charge in [-0.15, -0.1) is 0 Å². The van der Waals surface area contributed by atoms with Gasteiger partial charge in [0, 0.05) is 38.0 Å². The summed E-state index contributed by atoms with van der Waals surface area (Å²) in [5.74, 6) is -2.96. The smallest absolute Gasteiger partial charge is 0.246 e. The number of piperidine rings is 1. The quantitative estimate of drug-likeness (QED) is 0.634. The van der Waals surface area contributed by atoms with Crippen LogP contribution >= 0.6 is 0 Å². The van der Waals surface area contributed by atoms with Crippen LogP contribution in [0.15, 0.2) is 23.1 Å². The number of likely N-dealkylation sites (tertiary alicyclic amines) is 2. The Hall–Kier alpha value is -2.11. The highest BCUT2D eigenvalue weighted by Crippen LogP contribution is 2.23. The van der Waals surface area contributed by atoms with Crippen LogP contribution in [0, 0.1) is 17.6 Å². The van der Waals surface area contributed by atoms with Gasteiger partial charge in [0.05, 0.1) is 0 Å². The van der Waals surface area contributed by atoms with Crippen molar-refractivity contribution in [2.24, 2.45) is 11.7 Å². The molecule has 0 aromatic heterocycles. The average molecular weight is 430 g/mol. The molecule has 11 heteroatoms. The summed E-state index contributed by atoms with van der Waals surface area (Å²) >= 11 is 0. The van der Waals surface area contributed by atoms with E-state index in [1.807, 2.05) is 0 Å². The lowest BCUT2D eigenvalue weighted by Gasteiger charge is -2.47. The van der Waals surface area contributed by atoms with Gasteiger partial charge in [0.2, 0.25) is 21.8 Å². The SMILES string of the molecule is NC(=O)C1CCN(C2CN(C(=O)CCNS(=O)(=O)c3c(F)cccc3F)C2)CC1. The summed E-state index contributed by atoms with van der Waals surface area (Å²) in [7, 11) is -4.39. The second kappa shape index (κ2) is 8.72. The van der Waals surface area contributed by atoms with E-state index in [1.165, 1.54) is 0 Å². The molecule has 2 heterocycles. The molecule has 0 radical (unpaired) electrons. The Balaban J connectivity index is 1.42. The maximum Gasteiger partial charge on any atom is 0.246 e. The molecule has 2 fully saturated rings. The molecule has 0 saturated carbocycles. The average Bonchev–Trinajstić information content (AvgIpc) is 2.60. The van der Waals surface area contributed by atoms with Gasteiger partial charge in [-0.2, -0.15) is 0 Å². The fourth-order valence-electron chi connectivity index (χ4n) is 3.70. The van der Waals surface area contributed by atoms with E-state index in [2.05, 4.69) is 9.62 Å². The van der Waals surface area contributed by atoms with Crippen LogP contribution in [0.2, 0.25) is 0 Å². The summed E-state index contributed by atoms with van der Waals surface area (Å²) in [6, 6.07) is 3.01. The molecule has 160 valence electrons. The minimum absolute atomic E-state index is 0.0867. The topological polar surface area (TPSA) is 113 Å². The molecule has 3 N–H and O–H groups in total. The van der Waals surface area contributed by atoms with Gasteiger partial charge in [-0.3, -0.25) is 14.5 Å². The molecule has 0 unspecified atom stereocenters. The van der Waals surface area contributed by atoms with Crippen molar-refractivity contribution in [1.82, 2.24) is 14.5 Å². The summed E-state index contributed by atoms with van der Waals surface area (Å²) in [6.07, 6.45) is 1.33. The monoisotopic (exact) mass is 430 g/mol. The Labute approximate surface area is 168 Å². The van der Waals surface area contributed by atoms with Gasteiger partial charge in [-0.25, -0.2) is 21.9 Å². The molecule has 2 aliphatic heterocycles. The van der Waals surface area contributed by atoms with Crippen LogP contribution in [0.1, 0.15) is 19.3 Å². The highest BCUT2D eigenvalue weighted by Gasteiger charge is 2.36. The number of hydrogen-bond acceptors (Lipinski definition) is 5. The number of hydrogen-bond donors (Lipinski definition) is 2. The Bertz CT molecular complexity index is 862. The molecule has 2 amide bonds. The zero-order chi connectivity index (χ0) is 21.2. The van der Waals surface area contributed by atoms with Crippen LogP contribution in [0.25, 0.3) is 0 Å². The summed E-state index contributed by atoms with van der Waals surface area (Å²) in [5.41, 5.74) is 5.33. The van der Waals surface area contributed by atoms with E-state index >= 15 is 0 Å². The van der Waals surface area contributed by atoms with Crippen molar-refractivity contribution in [3.63, 3.8) is 0 Å². The highest BCUT2D eigenvalue weighted by atomic mass is 32.2. The number of rotatable bonds is 7. The van der Waals surface area contributed by atoms with Crippen molar-refractivity contribution in [3.8, 4) is 0 Å². The first-order chi connectivity index (χ1) is 13.7. The van der Waals surface area contributed by atoms with Crippen molar-refractivity contribution in [3.05, 3.63) is 29.8 Å². The number of nitrogens with two attached hydrogens (primary N) is 1. The molecule has 1 aromatic carbocycles. The second-order valence-electron chi connectivity index (χ2n) is 7.36. The first-order valence-corrected chi connectivity index (χ1v) is 10.9. The molecular formula is C18H24F2N4O4S. The van der Waals surface area contributed by atoms with Gasteiger partial charge < -0.3 is 10.6 Å². The highest BCUT2D eigenvalue weighted by molar-refractivity contribution is 7.89. The molecular weight excluding hydrogens is 406 g/mol. The Morgan fingerprint density at radius 1 is 1.14 bits per heavy atom. The molecule has 0 atom stereocenters. The Morgan fingerprint density at radius 2 is 1.72 bits per heavy atom. The van der Waals surface area contributed by atoms with E-state index in [0.717, 1.165) is 31.3 Å². The van der Waals surface area contributed by atoms with Gasteiger partial charge in [-0.05, 0) is 38.1 Å². The van der Waals surface area contributed by atoms with E-state index in [4.69, 9.17) is 5.73 Å². The number of benzene rings is 1. The maximum atomic E-state index is 13.6. The number of carbonyl (C=O) groups is 2. The third kappa shape index (κ3) is 4.90. The molecule has 0 bridgehead atoms. The molecule has 29 heavy (non-hydrogen) atoms. The molecule has 2 saturated heterocycles. The van der Waals surface area contributed by atoms with Crippen LogP contribution in [-0.4, -0.2) is 68.8 Å². The standard InChI is InChI=1S/C18H24F2N4O4S/c19-14-2-1-3-15(20)17(14)29(27,28)22-7-4-16(25)24-10-13(11-24)23-8-5-12(6-9-23)18(21)26/h1-3,12-13,22H,4-11H2,(H2,21,26). The lowest BCUT2D eigenvalue weighted by atomic mass is 9.93. The minimum Gasteiger partial charge on any atom is -0.369 e. The maximum absolute atomic E-state index is 13.6. The minimum atomic E-state index is -4.39. The number of carbonyl (C=O) groups excluding carboxylic acids is 2. The van der Waals surface area contributed by atoms with Crippen LogP contribution < -0.4 is 10.5 Å². The summed E-state index contributed by atoms with van der Waals surface area (Å²) < 4.78 is 53.5. The van der Waals surface area contributed by atoms with E-state index < -0.39 is 26.6 Å². The first-order valence-electron chi connectivity index (χ1n) is 9.44. The Kier molecular flexibility index (Phi) is 6.49. The normalized spacial score (nSPS) is 19.2. The predicted molar refractivity (Wildman–Crippen MR) is 100 cm³/mol. The largest absolute Gasteiger partial charge is 0.369 e. The van der Waals surface area contributed by atoms with Crippen LogP contribution in [0.4, 0.5) is 8.78 Å². The molecule has 0 aliphatic carbocycles. The van der Waals surface area contributed by atoms with Crippen molar-refractivity contribution >= 4 is 21.8 Å². The van der Waals surface area contributed by atoms with Gasteiger partial charge in [-0.1, -0.05) is 6.07 Å². The van der Waals surface area contributed by atoms with Gasteiger partial charge >= 0.3 is 0 Å². The molecule has 3 rings (SSSR count). The molecule has 8 nitrogen and oxygen atoms in total. The number of nitrogens with one attached hydrogen (secondary N) is 1. The zero-order valence-electron chi connectivity index (χ0n) is 15.8. The summed E-state index contributed by atoms with van der Waals surface area (Å²) in [6.45, 7) is 2.34. The van der Waals surface area contributed by atoms with Crippen LogP contribution in [-0.2, 0) is 19.6 Å². The van der Waals surface area contributed by atoms with E-state index in [1.54, 1.807) is 4.90 Å². The Morgan fingerprint density at radius 3 is 2.28 bits per heavy atom. The van der Waals surface area contributed by atoms with Crippen molar-refractivity contribution in [2.75, 3.05) is 32.7 Å². The van der Waals surface area contributed by atoms with Crippen LogP contribution in [0.5, 0.6) is 0 Å². The molecule has 1 aromatic rings. The predicted octanol–water partition coefficient (Wildman–Crippen LogP) is 0.0413. The number of primary amides is 1. The summed E-state index contributed by atoms with van der Waals surface area (Å²) in [5, 5.41) is 0. The number of sulfonamides is 1. The lowest BCUT2D eigenvalue weighted by Crippen LogP contribution is -2.62. The number of amides is 2. The van der Waals surface area contributed by atoms with E-state index in [0.29, 0.717) is 25.9 Å². The van der Waals surface area contributed by atoms with Crippen molar-refractivity contribution in [1.29, 1.82) is 0 Å². The van der Waals surface area contributed by atoms with Gasteiger partial charge in [0.25, 0.3) is 0 Å². The first kappa shape index (κ1) is 21.6. The lowest BCUT2D eigenvalue weighted by molar-refractivity contribution is -0.139. The molecule has 2 aliphatic rings. The fraction of sp³-hybridized carbons (Fsp3) is 0.556. The third-order valence-electron chi connectivity index (χ3n) is 5.48. The second-order valence-corrected chi connectivity index (χ2v) is 9.07. The van der Waals surface area contributed by atoms with Crippen molar-refractivity contribution in [2.45, 2.75) is 30.2 Å². The number of halogens is 2. The van der Waals surface area contributed by atoms with Gasteiger partial charge in [0.15, 0.2) is 4.90 Å². The van der Waals surface area contributed by atoms with Crippen molar-refractivity contribution < 1.29 is 26.8 Å². The third-order valence-corrected chi connectivity index (χ3v) is 6.99. The van der Waals surface area contributed by atoms with E-state index in [-0.39, 0.29) is 36.7 Å². The van der Waals surface area contributed by atoms with E-state index in [9.17, 15) is 26.8 Å². The fourth-order valence-corrected chi connectivity index (χ4v) is 4.87. The molecule has 0 spiro atoms.